The van der Waals surface area contributed by atoms with Gasteiger partial charge in [-0.15, -0.1) is 0 Å². The van der Waals surface area contributed by atoms with Crippen molar-refractivity contribution in [2.75, 3.05) is 0 Å². The van der Waals surface area contributed by atoms with Gasteiger partial charge in [-0.3, -0.25) is 0 Å². The molecule has 0 unspecified atom stereocenters. The van der Waals surface area contributed by atoms with E-state index in [-0.39, 0.29) is 10.8 Å². The summed E-state index contributed by atoms with van der Waals surface area (Å²) in [6, 6.07) is 8.46. The Morgan fingerprint density at radius 3 is 2.56 bits per heavy atom. The second-order valence-electron chi connectivity index (χ2n) is 5.41. The van der Waals surface area contributed by atoms with E-state index in [1.54, 1.807) is 0 Å². The van der Waals surface area contributed by atoms with Crippen LogP contribution in [0.4, 0.5) is 0 Å². The van der Waals surface area contributed by atoms with Gasteiger partial charge in [0.15, 0.2) is 0 Å². The lowest BCUT2D eigenvalue weighted by molar-refractivity contribution is -0.113. The maximum atomic E-state index is 11.4. The Bertz CT molecular complexity index is 439. The molecule has 1 nitrogen and oxygen atoms in total. The van der Waals surface area contributed by atoms with Crippen molar-refractivity contribution < 1.29 is 4.79 Å². The molecule has 1 aromatic rings. The topological polar surface area (TPSA) is 17.1 Å². The highest BCUT2D eigenvalue weighted by molar-refractivity contribution is 9.10. The third-order valence-corrected chi connectivity index (χ3v) is 5.36. The van der Waals surface area contributed by atoms with Crippen LogP contribution in [0.3, 0.4) is 0 Å². The maximum Gasteiger partial charge on any atom is 0.127 e. The minimum Gasteiger partial charge on any atom is -0.303 e. The summed E-state index contributed by atoms with van der Waals surface area (Å²) >= 11 is 3.45. The molecular weight excluding hydrogens is 264 g/mol. The van der Waals surface area contributed by atoms with Crippen molar-refractivity contribution >= 4 is 22.2 Å². The van der Waals surface area contributed by atoms with Crippen LogP contribution in [0.1, 0.15) is 37.7 Å². The Hall–Kier alpha value is -0.630. The summed E-state index contributed by atoms with van der Waals surface area (Å²) < 4.78 is 1.10. The fourth-order valence-electron chi connectivity index (χ4n) is 3.93. The second kappa shape index (κ2) is 3.19. The number of carbonyl (C=O) groups is 1. The molecule has 0 amide bonds. The third kappa shape index (κ3) is 1.09. The summed E-state index contributed by atoms with van der Waals surface area (Å²) in [5, 5.41) is 0. The Balaban J connectivity index is 1.99. The number of aldehydes is 1. The Kier molecular flexibility index (Phi) is 2.10. The smallest absolute Gasteiger partial charge is 0.127 e. The molecule has 2 saturated carbocycles. The van der Waals surface area contributed by atoms with Crippen molar-refractivity contribution in [2.24, 2.45) is 10.8 Å². The molecule has 0 aromatic heterocycles. The van der Waals surface area contributed by atoms with Crippen LogP contribution in [0.15, 0.2) is 28.7 Å². The van der Waals surface area contributed by atoms with Crippen LogP contribution in [0.2, 0.25) is 0 Å². The van der Waals surface area contributed by atoms with Gasteiger partial charge in [0.2, 0.25) is 0 Å². The Morgan fingerprint density at radius 1 is 1.31 bits per heavy atom. The summed E-state index contributed by atoms with van der Waals surface area (Å²) in [5.41, 5.74) is 1.53. The van der Waals surface area contributed by atoms with Crippen molar-refractivity contribution in [2.45, 2.75) is 32.1 Å². The van der Waals surface area contributed by atoms with Gasteiger partial charge in [-0.05, 0) is 36.0 Å². The fourth-order valence-corrected chi connectivity index (χ4v) is 4.19. The third-order valence-electron chi connectivity index (χ3n) is 4.83. The molecule has 3 rings (SSSR count). The first-order valence-electron chi connectivity index (χ1n) is 5.86. The largest absolute Gasteiger partial charge is 0.303 e. The SMILES string of the molecule is C[C@]12CCC[C@@]1(C=O)[C@@H]2c1ccc(Br)cc1. The summed E-state index contributed by atoms with van der Waals surface area (Å²) in [6.07, 6.45) is 4.72. The maximum absolute atomic E-state index is 11.4. The van der Waals surface area contributed by atoms with Gasteiger partial charge in [-0.2, -0.15) is 0 Å². The molecule has 3 atom stereocenters. The van der Waals surface area contributed by atoms with Gasteiger partial charge in [0.1, 0.15) is 6.29 Å². The molecule has 0 bridgehead atoms. The highest BCUT2D eigenvalue weighted by atomic mass is 79.9. The minimum absolute atomic E-state index is 0.0408. The van der Waals surface area contributed by atoms with E-state index in [1.807, 2.05) is 0 Å². The van der Waals surface area contributed by atoms with Gasteiger partial charge in [0.05, 0.1) is 0 Å². The van der Waals surface area contributed by atoms with Gasteiger partial charge >= 0.3 is 0 Å². The second-order valence-corrected chi connectivity index (χ2v) is 6.33. The Morgan fingerprint density at radius 2 is 2.00 bits per heavy atom. The number of rotatable bonds is 2. The first-order chi connectivity index (χ1) is 7.64. The summed E-state index contributed by atoms with van der Waals surface area (Å²) in [4.78, 5) is 11.4. The van der Waals surface area contributed by atoms with Crippen LogP contribution in [0.25, 0.3) is 0 Å². The van der Waals surface area contributed by atoms with E-state index >= 15 is 0 Å². The molecule has 16 heavy (non-hydrogen) atoms. The molecule has 2 heteroatoms. The average molecular weight is 279 g/mol. The molecule has 1 aromatic carbocycles. The number of carbonyl (C=O) groups excluding carboxylic acids is 1. The fraction of sp³-hybridized carbons (Fsp3) is 0.500. The van der Waals surface area contributed by atoms with Crippen molar-refractivity contribution in [3.63, 3.8) is 0 Å². The monoisotopic (exact) mass is 278 g/mol. The normalized spacial score (nSPS) is 40.5. The van der Waals surface area contributed by atoms with E-state index in [0.29, 0.717) is 5.92 Å². The number of fused-ring (bicyclic) bond motifs is 1. The molecular formula is C14H15BrO. The number of halogens is 1. The zero-order chi connectivity index (χ0) is 11.4. The lowest BCUT2D eigenvalue weighted by atomic mass is 9.96. The van der Waals surface area contributed by atoms with Gasteiger partial charge in [-0.25, -0.2) is 0 Å². The zero-order valence-corrected chi connectivity index (χ0v) is 11.0. The molecule has 0 N–H and O–H groups in total. The molecule has 2 aliphatic carbocycles. The van der Waals surface area contributed by atoms with Gasteiger partial charge in [-0.1, -0.05) is 41.4 Å². The van der Waals surface area contributed by atoms with Gasteiger partial charge < -0.3 is 4.79 Å². The predicted octanol–water partition coefficient (Wildman–Crippen LogP) is 3.92. The molecule has 84 valence electrons. The van der Waals surface area contributed by atoms with Crippen LogP contribution in [0, 0.1) is 10.8 Å². The van der Waals surface area contributed by atoms with E-state index in [0.717, 1.165) is 10.9 Å². The molecule has 0 aliphatic heterocycles. The molecule has 2 aliphatic rings. The molecule has 0 saturated heterocycles. The minimum atomic E-state index is -0.0408. The van der Waals surface area contributed by atoms with Crippen LogP contribution < -0.4 is 0 Å². The Labute approximate surface area is 104 Å². The number of hydrogen-bond acceptors (Lipinski definition) is 1. The summed E-state index contributed by atoms with van der Waals surface area (Å²) in [6.45, 7) is 2.28. The lowest BCUT2D eigenvalue weighted by Gasteiger charge is -2.08. The van der Waals surface area contributed by atoms with E-state index < -0.39 is 0 Å². The van der Waals surface area contributed by atoms with Crippen LogP contribution >= 0.6 is 15.9 Å². The molecule has 2 fully saturated rings. The van der Waals surface area contributed by atoms with Crippen LogP contribution in [-0.4, -0.2) is 6.29 Å². The first kappa shape index (κ1) is 10.5. The molecule has 0 spiro atoms. The predicted molar refractivity (Wildman–Crippen MR) is 67.3 cm³/mol. The van der Waals surface area contributed by atoms with Crippen molar-refractivity contribution in [3.8, 4) is 0 Å². The number of hydrogen-bond donors (Lipinski definition) is 0. The lowest BCUT2D eigenvalue weighted by Crippen LogP contribution is -2.05. The average Bonchev–Trinajstić information content (AvgIpc) is 2.63. The van der Waals surface area contributed by atoms with E-state index in [9.17, 15) is 4.79 Å². The standard InChI is InChI=1S/C14H15BrO/c1-13-7-2-8-14(13,9-16)12(13)10-3-5-11(15)6-4-10/h3-6,9,12H,2,7-8H2,1H3/t12-,13-,14-/m1/s1. The molecule has 0 radical (unpaired) electrons. The summed E-state index contributed by atoms with van der Waals surface area (Å²) in [5.74, 6) is 0.458. The summed E-state index contributed by atoms with van der Waals surface area (Å²) in [7, 11) is 0. The van der Waals surface area contributed by atoms with E-state index in [2.05, 4.69) is 47.1 Å². The van der Waals surface area contributed by atoms with Crippen molar-refractivity contribution in [1.82, 2.24) is 0 Å². The van der Waals surface area contributed by atoms with Crippen molar-refractivity contribution in [1.29, 1.82) is 0 Å². The number of benzene rings is 1. The first-order valence-corrected chi connectivity index (χ1v) is 6.65. The van der Waals surface area contributed by atoms with E-state index in [4.69, 9.17) is 0 Å². The van der Waals surface area contributed by atoms with Gasteiger partial charge in [0, 0.05) is 15.8 Å². The van der Waals surface area contributed by atoms with Gasteiger partial charge in [0.25, 0.3) is 0 Å². The molecule has 0 heterocycles. The highest BCUT2D eigenvalue weighted by Crippen LogP contribution is 2.80. The highest BCUT2D eigenvalue weighted by Gasteiger charge is 2.75. The quantitative estimate of drug-likeness (QED) is 0.750. The van der Waals surface area contributed by atoms with Crippen molar-refractivity contribution in [3.05, 3.63) is 34.3 Å². The van der Waals surface area contributed by atoms with Crippen LogP contribution in [0.5, 0.6) is 0 Å². The van der Waals surface area contributed by atoms with E-state index in [1.165, 1.54) is 24.7 Å². The van der Waals surface area contributed by atoms with Crippen LogP contribution in [-0.2, 0) is 4.79 Å². The zero-order valence-electron chi connectivity index (χ0n) is 9.37.